The molecular formula is C13H23N3. The van der Waals surface area contributed by atoms with Gasteiger partial charge in [-0.1, -0.05) is 19.8 Å². The first kappa shape index (κ1) is 11.6. The first-order valence-electron chi connectivity index (χ1n) is 6.46. The fourth-order valence-electron chi connectivity index (χ4n) is 2.17. The van der Waals surface area contributed by atoms with Gasteiger partial charge >= 0.3 is 0 Å². The van der Waals surface area contributed by atoms with Crippen LogP contribution in [-0.4, -0.2) is 16.3 Å². The summed E-state index contributed by atoms with van der Waals surface area (Å²) in [6.07, 6.45) is 4.18. The molecule has 3 heteroatoms. The minimum Gasteiger partial charge on any atom is -0.313 e. The van der Waals surface area contributed by atoms with Crippen molar-refractivity contribution in [1.82, 2.24) is 15.1 Å². The highest BCUT2D eigenvalue weighted by Gasteiger charge is 2.21. The summed E-state index contributed by atoms with van der Waals surface area (Å²) in [5.41, 5.74) is 3.92. The Morgan fingerprint density at radius 2 is 2.12 bits per heavy atom. The van der Waals surface area contributed by atoms with Crippen LogP contribution in [0.15, 0.2) is 0 Å². The molecule has 0 amide bonds. The van der Waals surface area contributed by atoms with Gasteiger partial charge in [-0.05, 0) is 32.7 Å². The largest absolute Gasteiger partial charge is 0.313 e. The van der Waals surface area contributed by atoms with Crippen LogP contribution in [0.25, 0.3) is 0 Å². The predicted molar refractivity (Wildman–Crippen MR) is 66.4 cm³/mol. The molecule has 90 valence electrons. The molecule has 16 heavy (non-hydrogen) atoms. The lowest BCUT2D eigenvalue weighted by Gasteiger charge is -2.05. The van der Waals surface area contributed by atoms with Gasteiger partial charge in [0.2, 0.25) is 0 Å². The molecule has 2 rings (SSSR count). The Hall–Kier alpha value is -0.830. The number of hydrogen-bond acceptors (Lipinski definition) is 2. The Morgan fingerprint density at radius 1 is 1.38 bits per heavy atom. The average molecular weight is 221 g/mol. The van der Waals surface area contributed by atoms with Crippen molar-refractivity contribution in [3.63, 3.8) is 0 Å². The van der Waals surface area contributed by atoms with Crippen molar-refractivity contribution in [2.24, 2.45) is 5.92 Å². The molecule has 0 bridgehead atoms. The lowest BCUT2D eigenvalue weighted by Crippen LogP contribution is -2.13. The van der Waals surface area contributed by atoms with Crippen molar-refractivity contribution < 1.29 is 0 Å². The van der Waals surface area contributed by atoms with Crippen LogP contribution in [0, 0.1) is 19.8 Å². The van der Waals surface area contributed by atoms with E-state index in [2.05, 4.69) is 35.9 Å². The molecule has 0 unspecified atom stereocenters. The fourth-order valence-corrected chi connectivity index (χ4v) is 2.17. The van der Waals surface area contributed by atoms with Gasteiger partial charge in [-0.3, -0.25) is 4.68 Å². The van der Waals surface area contributed by atoms with Crippen LogP contribution in [0.5, 0.6) is 0 Å². The van der Waals surface area contributed by atoms with Crippen LogP contribution in [-0.2, 0) is 13.1 Å². The summed E-state index contributed by atoms with van der Waals surface area (Å²) in [7, 11) is 0. The van der Waals surface area contributed by atoms with E-state index in [1.165, 1.54) is 36.2 Å². The molecule has 0 spiro atoms. The average Bonchev–Trinajstić information content (AvgIpc) is 3.04. The number of aryl methyl sites for hydroxylation is 2. The van der Waals surface area contributed by atoms with Crippen LogP contribution in [0.1, 0.15) is 43.1 Å². The summed E-state index contributed by atoms with van der Waals surface area (Å²) in [5.74, 6) is 0.987. The summed E-state index contributed by atoms with van der Waals surface area (Å²) < 4.78 is 2.19. The maximum atomic E-state index is 4.64. The molecule has 0 atom stereocenters. The van der Waals surface area contributed by atoms with E-state index in [0.717, 1.165) is 25.6 Å². The molecule has 0 aliphatic heterocycles. The molecule has 3 nitrogen and oxygen atoms in total. The van der Waals surface area contributed by atoms with E-state index in [-0.39, 0.29) is 0 Å². The summed E-state index contributed by atoms with van der Waals surface area (Å²) >= 11 is 0. The summed E-state index contributed by atoms with van der Waals surface area (Å²) in [6, 6.07) is 0. The van der Waals surface area contributed by atoms with Gasteiger partial charge in [0.15, 0.2) is 0 Å². The number of hydrogen-bond donors (Lipinski definition) is 1. The molecule has 1 aliphatic carbocycles. The van der Waals surface area contributed by atoms with Gasteiger partial charge in [-0.25, -0.2) is 0 Å². The predicted octanol–water partition coefficient (Wildman–Crippen LogP) is 2.41. The molecule has 1 fully saturated rings. The van der Waals surface area contributed by atoms with Gasteiger partial charge in [0.25, 0.3) is 0 Å². The van der Waals surface area contributed by atoms with Crippen LogP contribution in [0.4, 0.5) is 0 Å². The monoisotopic (exact) mass is 221 g/mol. The van der Waals surface area contributed by atoms with Gasteiger partial charge < -0.3 is 5.32 Å². The maximum Gasteiger partial charge on any atom is 0.0641 e. The van der Waals surface area contributed by atoms with E-state index >= 15 is 0 Å². The SMILES string of the molecule is CCNCc1c(C)nn(CCC2CC2)c1C. The zero-order valence-electron chi connectivity index (χ0n) is 10.7. The lowest BCUT2D eigenvalue weighted by atomic mass is 10.2. The van der Waals surface area contributed by atoms with E-state index in [9.17, 15) is 0 Å². The molecule has 1 N–H and O–H groups in total. The van der Waals surface area contributed by atoms with E-state index in [0.29, 0.717) is 0 Å². The van der Waals surface area contributed by atoms with Crippen molar-refractivity contribution in [2.75, 3.05) is 6.54 Å². The van der Waals surface area contributed by atoms with Crippen molar-refractivity contribution in [1.29, 1.82) is 0 Å². The van der Waals surface area contributed by atoms with Gasteiger partial charge in [0.1, 0.15) is 0 Å². The number of aromatic nitrogens is 2. The third kappa shape index (κ3) is 2.64. The van der Waals surface area contributed by atoms with E-state index in [4.69, 9.17) is 0 Å². The standard InChI is InChI=1S/C13H23N3/c1-4-14-9-13-10(2)15-16(11(13)3)8-7-12-5-6-12/h12,14H,4-9H2,1-3H3. The maximum absolute atomic E-state index is 4.64. The second-order valence-corrected chi connectivity index (χ2v) is 4.88. The van der Waals surface area contributed by atoms with Gasteiger partial charge in [-0.15, -0.1) is 0 Å². The van der Waals surface area contributed by atoms with Crippen LogP contribution >= 0.6 is 0 Å². The van der Waals surface area contributed by atoms with Crippen LogP contribution in [0.3, 0.4) is 0 Å². The zero-order chi connectivity index (χ0) is 11.5. The molecule has 0 aromatic carbocycles. The third-order valence-electron chi connectivity index (χ3n) is 3.53. The van der Waals surface area contributed by atoms with E-state index in [1.54, 1.807) is 0 Å². The molecule has 1 aromatic rings. The Labute approximate surface area is 98.2 Å². The highest BCUT2D eigenvalue weighted by molar-refractivity contribution is 5.24. The van der Waals surface area contributed by atoms with Gasteiger partial charge in [0.05, 0.1) is 5.69 Å². The molecule has 0 saturated heterocycles. The summed E-state index contributed by atoms with van der Waals surface area (Å²) in [6.45, 7) is 9.53. The quantitative estimate of drug-likeness (QED) is 0.799. The summed E-state index contributed by atoms with van der Waals surface area (Å²) in [4.78, 5) is 0. The van der Waals surface area contributed by atoms with Crippen molar-refractivity contribution in [3.8, 4) is 0 Å². The molecular weight excluding hydrogens is 198 g/mol. The smallest absolute Gasteiger partial charge is 0.0641 e. The van der Waals surface area contributed by atoms with Gasteiger partial charge in [-0.2, -0.15) is 5.10 Å². The van der Waals surface area contributed by atoms with E-state index < -0.39 is 0 Å². The fraction of sp³-hybridized carbons (Fsp3) is 0.769. The van der Waals surface area contributed by atoms with E-state index in [1.807, 2.05) is 0 Å². The second kappa shape index (κ2) is 5.00. The molecule has 1 aromatic heterocycles. The summed E-state index contributed by atoms with van der Waals surface area (Å²) in [5, 5.41) is 8.02. The van der Waals surface area contributed by atoms with Crippen LogP contribution in [0.2, 0.25) is 0 Å². The highest BCUT2D eigenvalue weighted by atomic mass is 15.3. The van der Waals surface area contributed by atoms with Crippen molar-refractivity contribution in [3.05, 3.63) is 17.0 Å². The molecule has 0 radical (unpaired) electrons. The lowest BCUT2D eigenvalue weighted by molar-refractivity contribution is 0.532. The Kier molecular flexibility index (Phi) is 3.64. The Bertz CT molecular complexity index is 350. The van der Waals surface area contributed by atoms with Crippen molar-refractivity contribution in [2.45, 2.75) is 53.1 Å². The number of rotatable bonds is 6. The Balaban J connectivity index is 2.00. The first-order chi connectivity index (χ1) is 7.72. The molecule has 1 aliphatic rings. The minimum atomic E-state index is 0.956. The van der Waals surface area contributed by atoms with Gasteiger partial charge in [0, 0.05) is 24.3 Å². The minimum absolute atomic E-state index is 0.956. The second-order valence-electron chi connectivity index (χ2n) is 4.88. The topological polar surface area (TPSA) is 29.9 Å². The number of nitrogens with zero attached hydrogens (tertiary/aromatic N) is 2. The number of nitrogens with one attached hydrogen (secondary N) is 1. The Morgan fingerprint density at radius 3 is 2.75 bits per heavy atom. The zero-order valence-corrected chi connectivity index (χ0v) is 10.7. The third-order valence-corrected chi connectivity index (χ3v) is 3.53. The van der Waals surface area contributed by atoms with Crippen LogP contribution < -0.4 is 5.32 Å². The normalized spacial score (nSPS) is 15.7. The molecule has 1 heterocycles. The molecule has 1 saturated carbocycles. The van der Waals surface area contributed by atoms with Crippen molar-refractivity contribution >= 4 is 0 Å². The highest BCUT2D eigenvalue weighted by Crippen LogP contribution is 2.32. The first-order valence-corrected chi connectivity index (χ1v) is 6.46.